The quantitative estimate of drug-likeness (QED) is 0.192. The van der Waals surface area contributed by atoms with Crippen molar-refractivity contribution in [1.29, 1.82) is 0 Å². The van der Waals surface area contributed by atoms with Gasteiger partial charge in [0, 0.05) is 35.0 Å². The number of nitro groups is 1. The van der Waals surface area contributed by atoms with Gasteiger partial charge in [-0.2, -0.15) is 0 Å². The van der Waals surface area contributed by atoms with Crippen LogP contribution in [0.15, 0.2) is 59.5 Å². The normalized spacial score (nSPS) is 11.1. The van der Waals surface area contributed by atoms with Crippen LogP contribution in [0.4, 0.5) is 17.1 Å². The van der Waals surface area contributed by atoms with Gasteiger partial charge in [-0.25, -0.2) is 13.1 Å². The Bertz CT molecular complexity index is 1640. The fraction of sp³-hybridized carbons (Fsp3) is 0.160. The van der Waals surface area contributed by atoms with Crippen LogP contribution in [-0.2, 0) is 10.0 Å². The van der Waals surface area contributed by atoms with Crippen molar-refractivity contribution in [3.8, 4) is 23.0 Å². The number of nitrogens with one attached hydrogen (secondary N) is 3. The molecule has 14 heteroatoms. The molecule has 0 radical (unpaired) electrons. The molecule has 4 aromatic rings. The lowest BCUT2D eigenvalue weighted by atomic mass is 10.1. The summed E-state index contributed by atoms with van der Waals surface area (Å²) in [7, 11) is 1.58. The van der Waals surface area contributed by atoms with Crippen molar-refractivity contribution in [2.24, 2.45) is 0 Å². The van der Waals surface area contributed by atoms with E-state index in [1.54, 1.807) is 12.1 Å². The van der Waals surface area contributed by atoms with Crippen molar-refractivity contribution in [3.63, 3.8) is 0 Å². The topological polar surface area (TPSA) is 171 Å². The number of non-ortho nitro benzene ring substituents is 1. The number of carbonyl (C=O) groups is 1. The average molecular weight is 557 g/mol. The van der Waals surface area contributed by atoms with Gasteiger partial charge < -0.3 is 29.2 Å². The molecule has 0 atom stereocenters. The molecule has 39 heavy (non-hydrogen) atoms. The first kappa shape index (κ1) is 27.1. The number of carbonyl (C=O) groups excluding carboxylic acids is 1. The first-order chi connectivity index (χ1) is 18.6. The van der Waals surface area contributed by atoms with Crippen LogP contribution in [0.5, 0.6) is 23.0 Å². The Balaban J connectivity index is 1.72. The third-order valence-corrected chi connectivity index (χ3v) is 7.10. The van der Waals surface area contributed by atoms with Crippen LogP contribution in [0.25, 0.3) is 10.9 Å². The van der Waals surface area contributed by atoms with Crippen LogP contribution in [0.2, 0.25) is 0 Å². The van der Waals surface area contributed by atoms with E-state index in [-0.39, 0.29) is 27.2 Å². The summed E-state index contributed by atoms with van der Waals surface area (Å²) in [6.45, 7) is 0. The molecule has 3 N–H and O–H groups in total. The number of benzene rings is 3. The van der Waals surface area contributed by atoms with Gasteiger partial charge in [-0.3, -0.25) is 14.9 Å². The Morgan fingerprint density at radius 2 is 1.54 bits per heavy atom. The van der Waals surface area contributed by atoms with Gasteiger partial charge in [0.2, 0.25) is 5.75 Å². The highest BCUT2D eigenvalue weighted by atomic mass is 32.2. The van der Waals surface area contributed by atoms with Gasteiger partial charge in [0.1, 0.15) is 17.0 Å². The molecule has 0 aliphatic heterocycles. The molecule has 1 heterocycles. The number of ether oxygens (including phenoxy) is 4. The third kappa shape index (κ3) is 5.36. The third-order valence-electron chi connectivity index (χ3n) is 5.75. The molecule has 0 bridgehead atoms. The second-order valence-electron chi connectivity index (χ2n) is 8.01. The molecule has 0 aliphatic carbocycles. The van der Waals surface area contributed by atoms with E-state index in [0.717, 1.165) is 0 Å². The average Bonchev–Trinajstić information content (AvgIpc) is 3.38. The van der Waals surface area contributed by atoms with E-state index in [9.17, 15) is 23.3 Å². The zero-order chi connectivity index (χ0) is 28.3. The Morgan fingerprint density at radius 1 is 0.897 bits per heavy atom. The molecular weight excluding hydrogens is 532 g/mol. The minimum Gasteiger partial charge on any atom is -0.497 e. The largest absolute Gasteiger partial charge is 0.497 e. The van der Waals surface area contributed by atoms with E-state index in [4.69, 9.17) is 18.9 Å². The summed E-state index contributed by atoms with van der Waals surface area (Å²) in [5.74, 6) is 0.550. The van der Waals surface area contributed by atoms with Crippen molar-refractivity contribution in [3.05, 3.63) is 70.4 Å². The van der Waals surface area contributed by atoms with Gasteiger partial charge in [0.05, 0.1) is 38.3 Å². The first-order valence-electron chi connectivity index (χ1n) is 11.2. The lowest BCUT2D eigenvalue weighted by molar-refractivity contribution is -0.383. The number of nitrogens with zero attached hydrogens (tertiary/aromatic N) is 1. The second kappa shape index (κ2) is 10.8. The van der Waals surface area contributed by atoms with Crippen LogP contribution in [0.1, 0.15) is 10.5 Å². The number of H-pyrrole nitrogens is 1. The van der Waals surface area contributed by atoms with E-state index in [2.05, 4.69) is 10.3 Å². The number of aromatic nitrogens is 1. The first-order valence-corrected chi connectivity index (χ1v) is 12.7. The monoisotopic (exact) mass is 556 g/mol. The maximum atomic E-state index is 12.9. The number of fused-ring (bicyclic) bond motifs is 1. The van der Waals surface area contributed by atoms with Gasteiger partial charge in [-0.15, -0.1) is 0 Å². The van der Waals surface area contributed by atoms with Crippen molar-refractivity contribution < 1.29 is 37.1 Å². The number of nitro benzene ring substituents is 1. The van der Waals surface area contributed by atoms with Crippen LogP contribution in [0, 0.1) is 10.1 Å². The molecule has 1 aromatic heterocycles. The van der Waals surface area contributed by atoms with E-state index < -0.39 is 20.9 Å². The molecule has 0 unspecified atom stereocenters. The maximum absolute atomic E-state index is 12.9. The zero-order valence-corrected chi connectivity index (χ0v) is 22.0. The highest BCUT2D eigenvalue weighted by Gasteiger charge is 2.24. The molecule has 0 saturated carbocycles. The lowest BCUT2D eigenvalue weighted by Gasteiger charge is -2.15. The summed E-state index contributed by atoms with van der Waals surface area (Å²) in [6, 6.07) is 12.8. The van der Waals surface area contributed by atoms with Gasteiger partial charge in [-0.1, -0.05) is 0 Å². The Labute approximate surface area is 222 Å². The highest BCUT2D eigenvalue weighted by molar-refractivity contribution is 7.90. The van der Waals surface area contributed by atoms with Crippen LogP contribution < -0.4 is 29.0 Å². The highest BCUT2D eigenvalue weighted by Crippen LogP contribution is 2.42. The fourth-order valence-corrected chi connectivity index (χ4v) is 4.85. The number of anilines is 2. The second-order valence-corrected chi connectivity index (χ2v) is 9.69. The number of sulfonamides is 1. The number of rotatable bonds is 10. The summed E-state index contributed by atoms with van der Waals surface area (Å²) < 4.78 is 48.6. The number of hydrogen-bond acceptors (Lipinski definition) is 10. The molecule has 4 rings (SSSR count). The van der Waals surface area contributed by atoms with Crippen LogP contribution >= 0.6 is 0 Å². The smallest absolute Gasteiger partial charge is 0.293 e. The van der Waals surface area contributed by atoms with Crippen molar-refractivity contribution in [2.75, 3.05) is 33.8 Å². The molecule has 0 aliphatic rings. The number of amides is 1. The Hall–Kier alpha value is -4.98. The van der Waals surface area contributed by atoms with Gasteiger partial charge in [0.25, 0.3) is 21.6 Å². The molecule has 0 fully saturated rings. The van der Waals surface area contributed by atoms with Crippen LogP contribution in [0.3, 0.4) is 0 Å². The molecule has 0 spiro atoms. The van der Waals surface area contributed by atoms with E-state index in [0.29, 0.717) is 34.4 Å². The standard InChI is InChI=1S/C25H24N4O9S/c1-35-15-5-7-16(8-6-15)39(33,34)28-25(30)19-13-17-18(9-10-20(29(31)32)23(17)27-19)26-14-11-21(36-2)24(38-4)22(12-14)37-3/h5-13,26-27H,1-4H3,(H,28,30). The molecule has 204 valence electrons. The molecular formula is C25H24N4O9S. The fourth-order valence-electron chi connectivity index (χ4n) is 3.89. The van der Waals surface area contributed by atoms with Gasteiger partial charge in [0.15, 0.2) is 11.5 Å². The lowest BCUT2D eigenvalue weighted by Crippen LogP contribution is -2.30. The SMILES string of the molecule is COc1ccc(S(=O)(=O)NC(=O)c2cc3c(Nc4cc(OC)c(OC)c(OC)c4)ccc([N+](=O)[O-])c3[nH]2)cc1. The van der Waals surface area contributed by atoms with Gasteiger partial charge >= 0.3 is 0 Å². The summed E-state index contributed by atoms with van der Waals surface area (Å²) in [6.07, 6.45) is 0. The summed E-state index contributed by atoms with van der Waals surface area (Å²) in [5, 5.41) is 15.1. The molecule has 0 saturated heterocycles. The molecule has 3 aromatic carbocycles. The van der Waals surface area contributed by atoms with Crippen molar-refractivity contribution >= 4 is 43.9 Å². The predicted molar refractivity (Wildman–Crippen MR) is 142 cm³/mol. The maximum Gasteiger partial charge on any atom is 0.293 e. The summed E-state index contributed by atoms with van der Waals surface area (Å²) >= 11 is 0. The summed E-state index contributed by atoms with van der Waals surface area (Å²) in [4.78, 5) is 26.5. The molecule has 1 amide bonds. The Morgan fingerprint density at radius 3 is 2.08 bits per heavy atom. The van der Waals surface area contributed by atoms with E-state index in [1.165, 1.54) is 70.9 Å². The molecule has 13 nitrogen and oxygen atoms in total. The zero-order valence-electron chi connectivity index (χ0n) is 21.2. The summed E-state index contributed by atoms with van der Waals surface area (Å²) in [5.41, 5.74) is 0.387. The minimum absolute atomic E-state index is 0.0180. The van der Waals surface area contributed by atoms with E-state index >= 15 is 0 Å². The van der Waals surface area contributed by atoms with Crippen molar-refractivity contribution in [1.82, 2.24) is 9.71 Å². The number of aromatic amines is 1. The predicted octanol–water partition coefficient (Wildman–Crippen LogP) is 3.97. The van der Waals surface area contributed by atoms with E-state index in [1.807, 2.05) is 4.72 Å². The number of hydrogen-bond donors (Lipinski definition) is 3. The van der Waals surface area contributed by atoms with Crippen LogP contribution in [-0.4, -0.2) is 52.7 Å². The minimum atomic E-state index is -4.24. The number of methoxy groups -OCH3 is 4. The Kier molecular flexibility index (Phi) is 7.49. The van der Waals surface area contributed by atoms with Crippen molar-refractivity contribution in [2.45, 2.75) is 4.90 Å². The van der Waals surface area contributed by atoms with Gasteiger partial charge in [-0.05, 0) is 36.4 Å².